The number of hydrogen-bond acceptors (Lipinski definition) is 6. The molecule has 9 heteroatoms. The zero-order valence-corrected chi connectivity index (χ0v) is 15.0. The molecule has 1 saturated heterocycles. The number of benzene rings is 1. The number of piperidine rings is 1. The second kappa shape index (κ2) is 8.74. The van der Waals surface area contributed by atoms with Gasteiger partial charge in [-0.05, 0) is 37.9 Å². The standard InChI is InChI=1S/C18H23N5O4/c19-6-1-11-27-15-4-8-21(9-5-15)18(24)14-2-3-16(17(12-14)23(25)26)22-10-7-20-13-22/h2-3,7,10,12-13,15H,1,4-6,8-9,11,19H2. The highest BCUT2D eigenvalue weighted by Gasteiger charge is 2.26. The van der Waals surface area contributed by atoms with Gasteiger partial charge in [-0.2, -0.15) is 0 Å². The summed E-state index contributed by atoms with van der Waals surface area (Å²) in [5, 5.41) is 11.5. The van der Waals surface area contributed by atoms with E-state index in [9.17, 15) is 14.9 Å². The summed E-state index contributed by atoms with van der Waals surface area (Å²) in [4.78, 5) is 29.4. The number of likely N-dealkylation sites (tertiary alicyclic amines) is 1. The van der Waals surface area contributed by atoms with Gasteiger partial charge in [-0.3, -0.25) is 14.9 Å². The molecule has 0 radical (unpaired) electrons. The Hall–Kier alpha value is -2.78. The van der Waals surface area contributed by atoms with Gasteiger partial charge in [0.05, 0.1) is 17.4 Å². The fraction of sp³-hybridized carbons (Fsp3) is 0.444. The Bertz CT molecular complexity index is 785. The normalized spacial score (nSPS) is 15.1. The maximum atomic E-state index is 12.8. The largest absolute Gasteiger partial charge is 0.378 e. The zero-order chi connectivity index (χ0) is 19.2. The average Bonchev–Trinajstić information content (AvgIpc) is 3.22. The summed E-state index contributed by atoms with van der Waals surface area (Å²) >= 11 is 0. The van der Waals surface area contributed by atoms with Gasteiger partial charge in [-0.25, -0.2) is 4.98 Å². The van der Waals surface area contributed by atoms with E-state index in [1.165, 1.54) is 12.4 Å². The van der Waals surface area contributed by atoms with Crippen molar-refractivity contribution in [2.24, 2.45) is 5.73 Å². The second-order valence-corrected chi connectivity index (χ2v) is 6.44. The Kier molecular flexibility index (Phi) is 6.15. The van der Waals surface area contributed by atoms with E-state index >= 15 is 0 Å². The molecule has 0 bridgehead atoms. The van der Waals surface area contributed by atoms with Crippen molar-refractivity contribution in [2.45, 2.75) is 25.4 Å². The quantitative estimate of drug-likeness (QED) is 0.449. The molecule has 1 aliphatic rings. The first-order chi connectivity index (χ1) is 13.1. The van der Waals surface area contributed by atoms with Gasteiger partial charge in [0.1, 0.15) is 5.69 Å². The van der Waals surface area contributed by atoms with Gasteiger partial charge in [0, 0.05) is 43.7 Å². The van der Waals surface area contributed by atoms with E-state index in [1.807, 2.05) is 0 Å². The monoisotopic (exact) mass is 373 g/mol. The third-order valence-electron chi connectivity index (χ3n) is 4.63. The van der Waals surface area contributed by atoms with Crippen molar-refractivity contribution < 1.29 is 14.5 Å². The minimum atomic E-state index is -0.483. The van der Waals surface area contributed by atoms with Crippen molar-refractivity contribution in [3.05, 3.63) is 52.6 Å². The molecule has 27 heavy (non-hydrogen) atoms. The van der Waals surface area contributed by atoms with E-state index in [1.54, 1.807) is 34.0 Å². The van der Waals surface area contributed by atoms with Gasteiger partial charge in [0.2, 0.25) is 0 Å². The lowest BCUT2D eigenvalue weighted by Crippen LogP contribution is -2.41. The SMILES string of the molecule is NCCCOC1CCN(C(=O)c2ccc(-n3ccnc3)c([N+](=O)[O-])c2)CC1. The van der Waals surface area contributed by atoms with Crippen LogP contribution in [-0.2, 0) is 4.74 Å². The van der Waals surface area contributed by atoms with Crippen LogP contribution in [0, 0.1) is 10.1 Å². The molecular weight excluding hydrogens is 350 g/mol. The Morgan fingerprint density at radius 1 is 1.37 bits per heavy atom. The maximum Gasteiger partial charge on any atom is 0.294 e. The average molecular weight is 373 g/mol. The van der Waals surface area contributed by atoms with E-state index in [4.69, 9.17) is 10.5 Å². The van der Waals surface area contributed by atoms with E-state index in [0.717, 1.165) is 19.3 Å². The van der Waals surface area contributed by atoms with Crippen molar-refractivity contribution in [3.63, 3.8) is 0 Å². The van der Waals surface area contributed by atoms with Gasteiger partial charge in [-0.15, -0.1) is 0 Å². The van der Waals surface area contributed by atoms with Gasteiger partial charge < -0.3 is 19.9 Å². The van der Waals surface area contributed by atoms with Crippen molar-refractivity contribution in [1.29, 1.82) is 0 Å². The molecule has 1 aliphatic heterocycles. The molecule has 2 N–H and O–H groups in total. The Labute approximate surface area is 156 Å². The summed E-state index contributed by atoms with van der Waals surface area (Å²) < 4.78 is 7.30. The van der Waals surface area contributed by atoms with E-state index < -0.39 is 4.92 Å². The molecule has 1 aromatic heterocycles. The number of nitro groups is 1. The van der Waals surface area contributed by atoms with E-state index in [0.29, 0.717) is 37.5 Å². The van der Waals surface area contributed by atoms with Crippen LogP contribution in [-0.4, -0.2) is 57.6 Å². The van der Waals surface area contributed by atoms with Crippen molar-refractivity contribution >= 4 is 11.6 Å². The van der Waals surface area contributed by atoms with Crippen molar-refractivity contribution in [1.82, 2.24) is 14.5 Å². The number of ether oxygens (including phenoxy) is 1. The van der Waals surface area contributed by atoms with E-state index in [-0.39, 0.29) is 17.7 Å². The van der Waals surface area contributed by atoms with Crippen LogP contribution in [0.25, 0.3) is 5.69 Å². The first kappa shape index (κ1) is 19.0. The van der Waals surface area contributed by atoms with Crippen LogP contribution in [0.3, 0.4) is 0 Å². The van der Waals surface area contributed by atoms with Crippen LogP contribution >= 0.6 is 0 Å². The van der Waals surface area contributed by atoms with Crippen molar-refractivity contribution in [3.8, 4) is 5.69 Å². The first-order valence-corrected chi connectivity index (χ1v) is 8.98. The summed E-state index contributed by atoms with van der Waals surface area (Å²) in [6.07, 6.45) is 7.13. The van der Waals surface area contributed by atoms with Crippen LogP contribution in [0.15, 0.2) is 36.9 Å². The first-order valence-electron chi connectivity index (χ1n) is 8.98. The fourth-order valence-electron chi connectivity index (χ4n) is 3.16. The lowest BCUT2D eigenvalue weighted by Gasteiger charge is -2.32. The number of hydrogen-bond donors (Lipinski definition) is 1. The summed E-state index contributed by atoms with van der Waals surface area (Å²) in [6, 6.07) is 4.53. The predicted molar refractivity (Wildman–Crippen MR) is 98.8 cm³/mol. The van der Waals surface area contributed by atoms with Crippen molar-refractivity contribution in [2.75, 3.05) is 26.2 Å². The molecule has 0 aliphatic carbocycles. The Morgan fingerprint density at radius 3 is 2.78 bits per heavy atom. The van der Waals surface area contributed by atoms with Gasteiger partial charge in [0.15, 0.2) is 0 Å². The Morgan fingerprint density at radius 2 is 2.15 bits per heavy atom. The van der Waals surface area contributed by atoms with Crippen LogP contribution in [0.2, 0.25) is 0 Å². The smallest absolute Gasteiger partial charge is 0.294 e. The molecule has 2 aromatic rings. The molecule has 0 atom stereocenters. The van der Waals surface area contributed by atoms with Crippen LogP contribution in [0.1, 0.15) is 29.6 Å². The second-order valence-electron chi connectivity index (χ2n) is 6.44. The maximum absolute atomic E-state index is 12.8. The molecule has 0 saturated carbocycles. The minimum absolute atomic E-state index is 0.126. The summed E-state index contributed by atoms with van der Waals surface area (Å²) in [7, 11) is 0. The van der Waals surface area contributed by atoms with Crippen LogP contribution < -0.4 is 5.73 Å². The third kappa shape index (κ3) is 4.50. The summed E-state index contributed by atoms with van der Waals surface area (Å²) in [5.74, 6) is -0.198. The van der Waals surface area contributed by atoms with Gasteiger partial charge in [0.25, 0.3) is 11.6 Å². The number of amides is 1. The summed E-state index contributed by atoms with van der Waals surface area (Å²) in [6.45, 7) is 2.38. The number of nitrogens with two attached hydrogens (primary N) is 1. The summed E-state index contributed by atoms with van der Waals surface area (Å²) in [5.41, 5.74) is 6.02. The molecule has 0 unspecified atom stereocenters. The molecule has 1 aromatic carbocycles. The highest BCUT2D eigenvalue weighted by Crippen LogP contribution is 2.25. The molecule has 3 rings (SSSR count). The number of imidazole rings is 1. The fourth-order valence-corrected chi connectivity index (χ4v) is 3.16. The highest BCUT2D eigenvalue weighted by molar-refractivity contribution is 5.95. The number of carbonyl (C=O) groups is 1. The lowest BCUT2D eigenvalue weighted by molar-refractivity contribution is -0.384. The van der Waals surface area contributed by atoms with Crippen LogP contribution in [0.5, 0.6) is 0 Å². The third-order valence-corrected chi connectivity index (χ3v) is 4.63. The topological polar surface area (TPSA) is 117 Å². The molecule has 9 nitrogen and oxygen atoms in total. The molecule has 1 amide bonds. The molecular formula is C18H23N5O4. The highest BCUT2D eigenvalue weighted by atomic mass is 16.6. The number of nitrogens with zero attached hydrogens (tertiary/aromatic N) is 4. The van der Waals surface area contributed by atoms with Gasteiger partial charge >= 0.3 is 0 Å². The minimum Gasteiger partial charge on any atom is -0.378 e. The van der Waals surface area contributed by atoms with Gasteiger partial charge in [-0.1, -0.05) is 0 Å². The lowest BCUT2D eigenvalue weighted by atomic mass is 10.1. The predicted octanol–water partition coefficient (Wildman–Crippen LogP) is 1.75. The zero-order valence-electron chi connectivity index (χ0n) is 15.0. The number of rotatable bonds is 7. The molecule has 1 fully saturated rings. The number of carbonyl (C=O) groups excluding carboxylic acids is 1. The molecule has 2 heterocycles. The number of nitro benzene ring substituents is 1. The molecule has 0 spiro atoms. The number of aromatic nitrogens is 2. The van der Waals surface area contributed by atoms with E-state index in [2.05, 4.69) is 4.98 Å². The van der Waals surface area contributed by atoms with Crippen LogP contribution in [0.4, 0.5) is 5.69 Å². The molecule has 144 valence electrons. The Balaban J connectivity index is 1.69.